The van der Waals surface area contributed by atoms with Gasteiger partial charge in [-0.15, -0.1) is 10.2 Å². The average molecular weight is 391 g/mol. The molecule has 0 saturated carbocycles. The van der Waals surface area contributed by atoms with Gasteiger partial charge in [0.15, 0.2) is 11.5 Å². The summed E-state index contributed by atoms with van der Waals surface area (Å²) in [6.45, 7) is 0. The quantitative estimate of drug-likeness (QED) is 0.462. The van der Waals surface area contributed by atoms with Crippen LogP contribution in [0.3, 0.4) is 0 Å². The Morgan fingerprint density at radius 2 is 1.68 bits per heavy atom. The number of hydrogen-bond acceptors (Lipinski definition) is 7. The smallest absolute Gasteiger partial charge is 0.272 e. The fraction of sp³-hybridized carbons (Fsp3) is 0.0556. The Bertz CT molecular complexity index is 1440. The first-order valence-electron chi connectivity index (χ1n) is 8.36. The second-order valence-electron chi connectivity index (χ2n) is 6.13. The molecule has 0 unspecified atom stereocenters. The van der Waals surface area contributed by atoms with Crippen molar-refractivity contribution in [3.63, 3.8) is 0 Å². The highest BCUT2D eigenvalue weighted by molar-refractivity contribution is 7.91. The van der Waals surface area contributed by atoms with Crippen LogP contribution in [0, 0.1) is 0 Å². The highest BCUT2D eigenvalue weighted by Crippen LogP contribution is 2.30. The standard InChI is InChI=1S/C18H13N7O2S/c1-24-14-10-6-5-9-13(14)21-16(24)15-17(22-23-18-19-11-20-25(15)18)28(26,27)12-7-3-2-4-8-12/h2-11H,1H3. The van der Waals surface area contributed by atoms with Crippen LogP contribution in [0.1, 0.15) is 0 Å². The van der Waals surface area contributed by atoms with Crippen molar-refractivity contribution in [2.24, 2.45) is 7.05 Å². The van der Waals surface area contributed by atoms with Gasteiger partial charge in [0.25, 0.3) is 5.78 Å². The molecule has 0 aliphatic rings. The molecule has 0 spiro atoms. The van der Waals surface area contributed by atoms with Crippen LogP contribution in [0.2, 0.25) is 0 Å². The molecule has 0 N–H and O–H groups in total. The summed E-state index contributed by atoms with van der Waals surface area (Å²) in [7, 11) is -2.14. The maximum atomic E-state index is 13.3. The van der Waals surface area contributed by atoms with Crippen molar-refractivity contribution in [1.82, 2.24) is 34.3 Å². The molecule has 2 aromatic carbocycles. The van der Waals surface area contributed by atoms with E-state index in [0.717, 1.165) is 11.0 Å². The van der Waals surface area contributed by atoms with E-state index in [1.165, 1.54) is 23.0 Å². The zero-order valence-corrected chi connectivity index (χ0v) is 15.4. The first kappa shape index (κ1) is 16.5. The number of rotatable bonds is 3. The molecule has 9 nitrogen and oxygen atoms in total. The van der Waals surface area contributed by atoms with Gasteiger partial charge in [-0.25, -0.2) is 13.4 Å². The molecule has 0 bridgehead atoms. The minimum absolute atomic E-state index is 0.115. The molecule has 3 heterocycles. The Hall–Kier alpha value is -3.66. The highest BCUT2D eigenvalue weighted by atomic mass is 32.2. The molecular formula is C18H13N7O2S. The normalized spacial score (nSPS) is 12.0. The van der Waals surface area contributed by atoms with Gasteiger partial charge in [-0.3, -0.25) is 0 Å². The van der Waals surface area contributed by atoms with Crippen molar-refractivity contribution >= 4 is 26.6 Å². The number of fused-ring (bicyclic) bond motifs is 2. The second kappa shape index (κ2) is 5.92. The lowest BCUT2D eigenvalue weighted by atomic mass is 10.3. The molecular weight excluding hydrogens is 378 g/mol. The Morgan fingerprint density at radius 1 is 0.929 bits per heavy atom. The number of nitrogens with zero attached hydrogens (tertiary/aromatic N) is 7. The lowest BCUT2D eigenvalue weighted by Crippen LogP contribution is -2.14. The summed E-state index contributed by atoms with van der Waals surface area (Å²) >= 11 is 0. The van der Waals surface area contributed by atoms with Gasteiger partial charge < -0.3 is 4.57 Å². The summed E-state index contributed by atoms with van der Waals surface area (Å²) in [5.41, 5.74) is 1.80. The first-order valence-corrected chi connectivity index (χ1v) is 9.84. The topological polar surface area (TPSA) is 108 Å². The molecule has 0 amide bonds. The van der Waals surface area contributed by atoms with Gasteiger partial charge in [0, 0.05) is 7.05 Å². The van der Waals surface area contributed by atoms with Crippen LogP contribution in [0.15, 0.2) is 70.8 Å². The summed E-state index contributed by atoms with van der Waals surface area (Å²) in [4.78, 5) is 8.77. The fourth-order valence-corrected chi connectivity index (χ4v) is 4.45. The maximum Gasteiger partial charge on any atom is 0.272 e. The van der Waals surface area contributed by atoms with Gasteiger partial charge in [-0.1, -0.05) is 30.3 Å². The molecule has 0 aliphatic heterocycles. The molecule has 0 aliphatic carbocycles. The lowest BCUT2D eigenvalue weighted by molar-refractivity contribution is 0.588. The number of aromatic nitrogens is 7. The number of sulfone groups is 1. The lowest BCUT2D eigenvalue weighted by Gasteiger charge is -2.10. The first-order chi connectivity index (χ1) is 13.6. The number of aryl methyl sites for hydroxylation is 1. The largest absolute Gasteiger partial charge is 0.326 e. The number of hydrogen-bond donors (Lipinski definition) is 0. The van der Waals surface area contributed by atoms with Gasteiger partial charge in [0.2, 0.25) is 14.9 Å². The monoisotopic (exact) mass is 391 g/mol. The van der Waals surface area contributed by atoms with E-state index in [4.69, 9.17) is 0 Å². The molecule has 0 radical (unpaired) electrons. The Labute approximate surface area is 159 Å². The van der Waals surface area contributed by atoms with E-state index >= 15 is 0 Å². The van der Waals surface area contributed by atoms with E-state index in [1.807, 2.05) is 31.3 Å². The van der Waals surface area contributed by atoms with Gasteiger partial charge in [0.05, 0.1) is 15.9 Å². The van der Waals surface area contributed by atoms with Crippen LogP contribution >= 0.6 is 0 Å². The van der Waals surface area contributed by atoms with Gasteiger partial charge >= 0.3 is 0 Å². The Morgan fingerprint density at radius 3 is 2.46 bits per heavy atom. The van der Waals surface area contributed by atoms with Crippen molar-refractivity contribution in [3.05, 3.63) is 60.9 Å². The Balaban J connectivity index is 1.89. The van der Waals surface area contributed by atoms with Gasteiger partial charge in [0.1, 0.15) is 6.33 Å². The molecule has 5 aromatic rings. The minimum Gasteiger partial charge on any atom is -0.326 e. The van der Waals surface area contributed by atoms with Gasteiger partial charge in [-0.05, 0) is 24.3 Å². The van der Waals surface area contributed by atoms with Crippen LogP contribution in [0.5, 0.6) is 0 Å². The molecule has 0 saturated heterocycles. The third kappa shape index (κ3) is 2.31. The fourth-order valence-electron chi connectivity index (χ4n) is 3.13. The van der Waals surface area contributed by atoms with E-state index in [9.17, 15) is 8.42 Å². The van der Waals surface area contributed by atoms with Crippen molar-refractivity contribution in [1.29, 1.82) is 0 Å². The molecule has 10 heteroatoms. The van der Waals surface area contributed by atoms with Crippen LogP contribution in [0.4, 0.5) is 0 Å². The molecule has 0 atom stereocenters. The average Bonchev–Trinajstić information content (AvgIpc) is 3.33. The van der Waals surface area contributed by atoms with Crippen molar-refractivity contribution in [2.45, 2.75) is 9.92 Å². The predicted molar refractivity (Wildman–Crippen MR) is 100 cm³/mol. The van der Waals surface area contributed by atoms with Crippen LogP contribution < -0.4 is 0 Å². The van der Waals surface area contributed by atoms with E-state index < -0.39 is 9.84 Å². The molecule has 5 rings (SSSR count). The summed E-state index contributed by atoms with van der Waals surface area (Å²) in [5, 5.41) is 11.9. The second-order valence-corrected chi connectivity index (χ2v) is 7.99. The minimum atomic E-state index is -3.96. The van der Waals surface area contributed by atoms with Crippen LogP contribution in [0.25, 0.3) is 28.3 Å². The van der Waals surface area contributed by atoms with E-state index in [-0.39, 0.29) is 21.4 Å². The third-order valence-electron chi connectivity index (χ3n) is 4.48. The third-order valence-corrected chi connectivity index (χ3v) is 6.16. The Kier molecular flexibility index (Phi) is 3.49. The zero-order chi connectivity index (χ0) is 19.3. The van der Waals surface area contributed by atoms with Crippen molar-refractivity contribution in [2.75, 3.05) is 0 Å². The summed E-state index contributed by atoms with van der Waals surface area (Å²) in [5.74, 6) is 0.593. The number of imidazole rings is 1. The van der Waals surface area contributed by atoms with Crippen LogP contribution in [-0.4, -0.2) is 42.8 Å². The zero-order valence-electron chi connectivity index (χ0n) is 14.6. The highest BCUT2D eigenvalue weighted by Gasteiger charge is 2.30. The maximum absolute atomic E-state index is 13.3. The van der Waals surface area contributed by atoms with E-state index in [0.29, 0.717) is 5.82 Å². The number of para-hydroxylation sites is 2. The number of benzene rings is 2. The summed E-state index contributed by atoms with van der Waals surface area (Å²) in [6, 6.07) is 15.6. The van der Waals surface area contributed by atoms with Crippen molar-refractivity contribution < 1.29 is 8.42 Å². The van der Waals surface area contributed by atoms with Gasteiger partial charge in [-0.2, -0.15) is 14.6 Å². The molecule has 3 aromatic heterocycles. The SMILES string of the molecule is Cn1c(-c2c(S(=O)(=O)c3ccccc3)nnc3ncnn23)nc2ccccc21. The molecule has 0 fully saturated rings. The summed E-state index contributed by atoms with van der Waals surface area (Å²) < 4.78 is 29.8. The van der Waals surface area contributed by atoms with E-state index in [1.54, 1.807) is 22.8 Å². The predicted octanol–water partition coefficient (Wildman–Crippen LogP) is 1.91. The van der Waals surface area contributed by atoms with Crippen LogP contribution in [-0.2, 0) is 16.9 Å². The molecule has 138 valence electrons. The van der Waals surface area contributed by atoms with E-state index in [2.05, 4.69) is 25.3 Å². The molecule has 28 heavy (non-hydrogen) atoms. The van der Waals surface area contributed by atoms with Crippen molar-refractivity contribution in [3.8, 4) is 11.5 Å². The summed E-state index contributed by atoms with van der Waals surface area (Å²) in [6.07, 6.45) is 1.30.